The van der Waals surface area contributed by atoms with Crippen molar-refractivity contribution < 1.29 is 14.6 Å². The lowest BCUT2D eigenvalue weighted by Crippen LogP contribution is -1.91. The number of rotatable bonds is 3. The topological polar surface area (TPSA) is 46.5 Å². The first-order valence-corrected chi connectivity index (χ1v) is 9.10. The molecule has 3 rings (SSSR count). The maximum absolute atomic E-state index is 9.92. The van der Waals surface area contributed by atoms with E-state index in [-0.39, 0.29) is 0 Å². The molecular formula is C23H26O3. The molecule has 0 bridgehead atoms. The number of carboxylic acid groups (broad SMARTS) is 1. The van der Waals surface area contributed by atoms with Gasteiger partial charge in [0, 0.05) is 0 Å². The Morgan fingerprint density at radius 1 is 0.808 bits per heavy atom. The largest absolute Gasteiger partial charge is 0.510 e. The van der Waals surface area contributed by atoms with Crippen molar-refractivity contribution in [3.63, 3.8) is 0 Å². The molecule has 0 spiro atoms. The van der Waals surface area contributed by atoms with E-state index in [0.717, 1.165) is 11.8 Å². The quantitative estimate of drug-likeness (QED) is 0.377. The van der Waals surface area contributed by atoms with Gasteiger partial charge in [-0.05, 0) is 42.9 Å². The van der Waals surface area contributed by atoms with Crippen molar-refractivity contribution in [2.75, 3.05) is 0 Å². The van der Waals surface area contributed by atoms with Crippen LogP contribution in [0.4, 0.5) is 4.79 Å². The molecule has 3 heteroatoms. The van der Waals surface area contributed by atoms with Crippen LogP contribution in [-0.4, -0.2) is 11.3 Å². The Kier molecular flexibility index (Phi) is 8.78. The molecule has 1 N–H and O–H groups in total. The third-order valence-corrected chi connectivity index (χ3v) is 4.15. The summed E-state index contributed by atoms with van der Waals surface area (Å²) in [4.78, 5) is 9.92. The highest BCUT2D eigenvalue weighted by Crippen LogP contribution is 2.23. The van der Waals surface area contributed by atoms with Gasteiger partial charge in [0.25, 0.3) is 0 Å². The third kappa shape index (κ3) is 8.34. The van der Waals surface area contributed by atoms with Gasteiger partial charge in [-0.15, -0.1) is 0 Å². The highest BCUT2D eigenvalue weighted by atomic mass is 16.7. The minimum absolute atomic E-state index is 0.902. The monoisotopic (exact) mass is 350 g/mol. The molecule has 1 aliphatic rings. The first kappa shape index (κ1) is 19.5. The zero-order valence-electron chi connectivity index (χ0n) is 15.0. The van der Waals surface area contributed by atoms with Gasteiger partial charge in [-0.3, -0.25) is 0 Å². The molecule has 1 aliphatic carbocycles. The van der Waals surface area contributed by atoms with Gasteiger partial charge in [-0.1, -0.05) is 85.2 Å². The van der Waals surface area contributed by atoms with Crippen LogP contribution < -0.4 is 0 Å². The summed E-state index contributed by atoms with van der Waals surface area (Å²) in [6.07, 6.45) is 12.0. The van der Waals surface area contributed by atoms with E-state index in [2.05, 4.69) is 41.1 Å². The van der Waals surface area contributed by atoms with Crippen LogP contribution in [0, 0.1) is 0 Å². The number of hydrogen-bond acceptors (Lipinski definition) is 2. The lowest BCUT2D eigenvalue weighted by atomic mass is 10.0. The lowest BCUT2D eigenvalue weighted by Gasteiger charge is -2.02. The zero-order chi connectivity index (χ0) is 18.5. The highest BCUT2D eigenvalue weighted by molar-refractivity contribution is 5.59. The van der Waals surface area contributed by atoms with Crippen molar-refractivity contribution in [2.45, 2.75) is 38.5 Å². The van der Waals surface area contributed by atoms with Crippen molar-refractivity contribution in [2.24, 2.45) is 0 Å². The normalized spacial score (nSPS) is 14.1. The summed E-state index contributed by atoms with van der Waals surface area (Å²) < 4.78 is 4.18. The molecule has 0 atom stereocenters. The third-order valence-electron chi connectivity index (χ3n) is 4.15. The molecular weight excluding hydrogens is 324 g/mol. The predicted molar refractivity (Wildman–Crippen MR) is 107 cm³/mol. The van der Waals surface area contributed by atoms with Crippen LogP contribution in [0.2, 0.25) is 0 Å². The van der Waals surface area contributed by atoms with Crippen molar-refractivity contribution in [3.8, 4) is 0 Å². The molecule has 2 aromatic rings. The van der Waals surface area contributed by atoms with Crippen molar-refractivity contribution in [3.05, 3.63) is 83.6 Å². The molecule has 136 valence electrons. The minimum Gasteiger partial charge on any atom is -0.449 e. The average Bonchev–Trinajstić information content (AvgIpc) is 2.92. The van der Waals surface area contributed by atoms with Gasteiger partial charge in [0.05, 0.1) is 6.26 Å². The molecule has 0 saturated heterocycles. The van der Waals surface area contributed by atoms with Gasteiger partial charge < -0.3 is 9.84 Å². The van der Waals surface area contributed by atoms with Gasteiger partial charge >= 0.3 is 6.16 Å². The fraction of sp³-hybridized carbons (Fsp3) is 0.261. The number of hydrogen-bond donors (Lipinski definition) is 1. The van der Waals surface area contributed by atoms with Crippen LogP contribution in [0.1, 0.15) is 49.7 Å². The molecule has 1 saturated carbocycles. The summed E-state index contributed by atoms with van der Waals surface area (Å²) in [6.45, 7) is 0. The molecule has 0 aliphatic heterocycles. The Balaban J connectivity index is 0.000000190. The molecule has 26 heavy (non-hydrogen) atoms. The summed E-state index contributed by atoms with van der Waals surface area (Å²) in [7, 11) is 0. The maximum Gasteiger partial charge on any atom is 0.510 e. The fourth-order valence-corrected chi connectivity index (χ4v) is 2.85. The Bertz CT molecular complexity index is 693. The molecule has 0 unspecified atom stereocenters. The van der Waals surface area contributed by atoms with Crippen LogP contribution in [0.15, 0.2) is 72.5 Å². The van der Waals surface area contributed by atoms with E-state index in [9.17, 15) is 4.79 Å². The van der Waals surface area contributed by atoms with Gasteiger partial charge in [-0.2, -0.15) is 0 Å². The van der Waals surface area contributed by atoms with Gasteiger partial charge in [0.15, 0.2) is 0 Å². The van der Waals surface area contributed by atoms with E-state index in [4.69, 9.17) is 5.11 Å². The average molecular weight is 350 g/mol. The molecule has 0 heterocycles. The van der Waals surface area contributed by atoms with E-state index in [1.807, 2.05) is 30.3 Å². The second kappa shape index (κ2) is 11.7. The van der Waals surface area contributed by atoms with Crippen LogP contribution in [0.25, 0.3) is 12.2 Å². The molecule has 1 fully saturated rings. The van der Waals surface area contributed by atoms with Crippen LogP contribution in [0.3, 0.4) is 0 Å². The lowest BCUT2D eigenvalue weighted by molar-refractivity contribution is 0.128. The van der Waals surface area contributed by atoms with Crippen LogP contribution in [-0.2, 0) is 4.74 Å². The predicted octanol–water partition coefficient (Wildman–Crippen LogP) is 6.78. The molecule has 2 aromatic carbocycles. The molecule has 0 amide bonds. The van der Waals surface area contributed by atoms with E-state index < -0.39 is 6.16 Å². The second-order valence-electron chi connectivity index (χ2n) is 6.22. The first-order valence-electron chi connectivity index (χ1n) is 9.10. The van der Waals surface area contributed by atoms with Crippen molar-refractivity contribution in [1.82, 2.24) is 0 Å². The Labute approximate surface area is 155 Å². The van der Waals surface area contributed by atoms with Crippen LogP contribution in [0.5, 0.6) is 0 Å². The van der Waals surface area contributed by atoms with E-state index in [1.54, 1.807) is 11.6 Å². The summed E-state index contributed by atoms with van der Waals surface area (Å²) in [5.41, 5.74) is 3.91. The Hall–Kier alpha value is -2.81. The smallest absolute Gasteiger partial charge is 0.449 e. The number of ether oxygens (including phenoxy) is 1. The summed E-state index contributed by atoms with van der Waals surface area (Å²) in [6, 6.07) is 20.0. The second-order valence-corrected chi connectivity index (χ2v) is 6.22. The fourth-order valence-electron chi connectivity index (χ4n) is 2.85. The highest BCUT2D eigenvalue weighted by Gasteiger charge is 2.03. The van der Waals surface area contributed by atoms with Gasteiger partial charge in [0.2, 0.25) is 0 Å². The SMILES string of the molecule is C(=C1CCCCCC1)c1ccccc1.O=C(O)OC=Cc1ccccc1. The Morgan fingerprint density at radius 3 is 1.88 bits per heavy atom. The number of carbonyl (C=O) groups is 1. The van der Waals surface area contributed by atoms with E-state index >= 15 is 0 Å². The number of benzene rings is 2. The zero-order valence-corrected chi connectivity index (χ0v) is 15.0. The minimum atomic E-state index is -1.30. The summed E-state index contributed by atoms with van der Waals surface area (Å²) in [5, 5.41) is 8.12. The van der Waals surface area contributed by atoms with Gasteiger partial charge in [-0.25, -0.2) is 4.79 Å². The van der Waals surface area contributed by atoms with Crippen molar-refractivity contribution >= 4 is 18.3 Å². The van der Waals surface area contributed by atoms with Crippen LogP contribution >= 0.6 is 0 Å². The first-order chi connectivity index (χ1) is 12.7. The Morgan fingerprint density at radius 2 is 1.35 bits per heavy atom. The van der Waals surface area contributed by atoms with Gasteiger partial charge in [0.1, 0.15) is 0 Å². The summed E-state index contributed by atoms with van der Waals surface area (Å²) in [5.74, 6) is 0. The van der Waals surface area contributed by atoms with E-state index in [1.165, 1.54) is 44.1 Å². The maximum atomic E-state index is 9.92. The standard InChI is InChI=1S/C14H18.C9H8O3/c1-2-5-9-13(8-4-1)12-14-10-6-3-7-11-14;10-9(11)12-7-6-8-4-2-1-3-5-8/h3,6-7,10-12H,1-2,4-5,8-9H2;1-7H,(H,10,11). The van der Waals surface area contributed by atoms with Crippen molar-refractivity contribution in [1.29, 1.82) is 0 Å². The molecule has 3 nitrogen and oxygen atoms in total. The van der Waals surface area contributed by atoms with E-state index in [0.29, 0.717) is 0 Å². The molecule has 0 radical (unpaired) electrons. The molecule has 0 aromatic heterocycles. The number of allylic oxidation sites excluding steroid dienone is 1. The summed E-state index contributed by atoms with van der Waals surface area (Å²) >= 11 is 0.